The number of ketones is 1. The number of aryl methyl sites for hydroxylation is 2. The number of methoxy groups -OCH3 is 1. The third kappa shape index (κ3) is 6.97. The summed E-state index contributed by atoms with van der Waals surface area (Å²) in [5.41, 5.74) is 5.31. The highest BCUT2D eigenvalue weighted by molar-refractivity contribution is 5.78. The third-order valence-corrected chi connectivity index (χ3v) is 12.4. The van der Waals surface area contributed by atoms with Crippen LogP contribution < -0.4 is 9.47 Å². The van der Waals surface area contributed by atoms with Crippen LogP contribution in [0.5, 0.6) is 11.5 Å². The Bertz CT molecular complexity index is 1610. The van der Waals surface area contributed by atoms with Gasteiger partial charge in [-0.1, -0.05) is 86.0 Å². The number of rotatable bonds is 17. The molecule has 0 unspecified atom stereocenters. The molecule has 2 bridgehead atoms. The Labute approximate surface area is 299 Å². The molecule has 5 atom stereocenters. The number of Topliss-reactive ketones (excluding diaryl/α,β-unsaturated/α-hetero) is 1. The largest absolute Gasteiger partial charge is 0.493 e. The van der Waals surface area contributed by atoms with Crippen LogP contribution in [0.25, 0.3) is 0 Å². The number of carbonyl (C=O) groups excluding carboxylic acids is 2. The first kappa shape index (κ1) is 34.8. The standard InChI is InChI=1S/C44H56N2O4/c1-32(47)31-45-29-27-44-36-24-25-37(43(44)50-42-39(49-2)26-23-35(41(42)44)30-38(36)45)46(28-15-14-21-34-19-11-7-12-20-34)40(48)22-13-5-3-4-8-16-33-17-9-6-10-18-33/h6-7,9-12,17-20,23,26,36-38,43H,3-5,8,13-16,21-22,24-25,27-31H2,1-2H3/t36-,37+,38+,43-,44-/m0/s1. The fourth-order valence-corrected chi connectivity index (χ4v) is 10.2. The molecule has 2 heterocycles. The van der Waals surface area contributed by atoms with Crippen molar-refractivity contribution in [2.24, 2.45) is 5.92 Å². The Balaban J connectivity index is 1.08. The summed E-state index contributed by atoms with van der Waals surface area (Å²) in [6, 6.07) is 26.1. The average molecular weight is 677 g/mol. The molecule has 6 heteroatoms. The lowest BCUT2D eigenvalue weighted by Gasteiger charge is -2.60. The first-order valence-corrected chi connectivity index (χ1v) is 19.5. The fraction of sp³-hybridized carbons (Fsp3) is 0.545. The topological polar surface area (TPSA) is 59.1 Å². The predicted molar refractivity (Wildman–Crippen MR) is 199 cm³/mol. The second-order valence-corrected chi connectivity index (χ2v) is 15.4. The van der Waals surface area contributed by atoms with E-state index in [-0.39, 0.29) is 23.3 Å². The second kappa shape index (κ2) is 15.7. The molecule has 1 saturated heterocycles. The number of hydrogen-bond donors (Lipinski definition) is 0. The number of piperidine rings is 1. The van der Waals surface area contributed by atoms with Crippen molar-refractivity contribution in [2.45, 2.75) is 120 Å². The molecule has 0 N–H and O–H groups in total. The first-order chi connectivity index (χ1) is 24.5. The molecule has 6 nitrogen and oxygen atoms in total. The Kier molecular flexibility index (Phi) is 10.9. The van der Waals surface area contributed by atoms with Crippen LogP contribution in [-0.4, -0.2) is 66.4 Å². The molecule has 2 fully saturated rings. The molecular formula is C44H56N2O4. The van der Waals surface area contributed by atoms with E-state index in [0.717, 1.165) is 88.8 Å². The van der Waals surface area contributed by atoms with Crippen LogP contribution in [0, 0.1) is 5.92 Å². The van der Waals surface area contributed by atoms with Crippen LogP contribution >= 0.6 is 0 Å². The van der Waals surface area contributed by atoms with E-state index in [1.165, 1.54) is 41.5 Å². The summed E-state index contributed by atoms with van der Waals surface area (Å²) in [5.74, 6) is 2.66. The van der Waals surface area contributed by atoms with Crippen LogP contribution in [-0.2, 0) is 34.3 Å². The van der Waals surface area contributed by atoms with Crippen LogP contribution in [0.2, 0.25) is 0 Å². The molecule has 0 aromatic heterocycles. The number of ether oxygens (including phenoxy) is 2. The second-order valence-electron chi connectivity index (χ2n) is 15.4. The molecule has 1 amide bonds. The molecule has 4 aliphatic rings. The van der Waals surface area contributed by atoms with Gasteiger partial charge in [0, 0.05) is 30.0 Å². The van der Waals surface area contributed by atoms with Gasteiger partial charge in [0.1, 0.15) is 11.9 Å². The summed E-state index contributed by atoms with van der Waals surface area (Å²) in [6.07, 6.45) is 14.2. The quantitative estimate of drug-likeness (QED) is 0.135. The molecule has 50 heavy (non-hydrogen) atoms. The van der Waals surface area contributed by atoms with Gasteiger partial charge in [-0.25, -0.2) is 0 Å². The zero-order valence-electron chi connectivity index (χ0n) is 30.3. The summed E-state index contributed by atoms with van der Waals surface area (Å²) in [6.45, 7) is 3.89. The van der Waals surface area contributed by atoms with Gasteiger partial charge in [0.25, 0.3) is 0 Å². The third-order valence-electron chi connectivity index (χ3n) is 12.4. The van der Waals surface area contributed by atoms with Crippen LogP contribution in [0.1, 0.15) is 99.8 Å². The smallest absolute Gasteiger partial charge is 0.222 e. The lowest BCUT2D eigenvalue weighted by Crippen LogP contribution is -2.69. The Hall–Kier alpha value is -3.64. The van der Waals surface area contributed by atoms with E-state index in [2.05, 4.69) is 82.6 Å². The molecular weight excluding hydrogens is 620 g/mol. The zero-order chi connectivity index (χ0) is 34.5. The number of benzene rings is 3. The molecule has 266 valence electrons. The molecule has 3 aromatic carbocycles. The van der Waals surface area contributed by atoms with Crippen molar-refractivity contribution in [3.8, 4) is 11.5 Å². The molecule has 1 saturated carbocycles. The zero-order valence-corrected chi connectivity index (χ0v) is 30.3. The van der Waals surface area contributed by atoms with Crippen molar-refractivity contribution >= 4 is 11.7 Å². The van der Waals surface area contributed by atoms with Crippen molar-refractivity contribution in [1.29, 1.82) is 0 Å². The Morgan fingerprint density at radius 3 is 2.24 bits per heavy atom. The van der Waals surface area contributed by atoms with Crippen molar-refractivity contribution in [2.75, 3.05) is 26.7 Å². The molecule has 3 aromatic rings. The van der Waals surface area contributed by atoms with E-state index in [1.807, 2.05) is 0 Å². The average Bonchev–Trinajstić information content (AvgIpc) is 3.48. The van der Waals surface area contributed by atoms with Crippen molar-refractivity contribution in [1.82, 2.24) is 9.80 Å². The summed E-state index contributed by atoms with van der Waals surface area (Å²) in [7, 11) is 1.74. The van der Waals surface area contributed by atoms with Gasteiger partial charge >= 0.3 is 0 Å². The van der Waals surface area contributed by atoms with Gasteiger partial charge in [-0.3, -0.25) is 14.5 Å². The van der Waals surface area contributed by atoms with E-state index in [0.29, 0.717) is 30.8 Å². The van der Waals surface area contributed by atoms with Crippen LogP contribution in [0.3, 0.4) is 0 Å². The van der Waals surface area contributed by atoms with E-state index in [4.69, 9.17) is 9.47 Å². The minimum Gasteiger partial charge on any atom is -0.493 e. The van der Waals surface area contributed by atoms with E-state index in [1.54, 1.807) is 14.0 Å². The maximum Gasteiger partial charge on any atom is 0.222 e. The van der Waals surface area contributed by atoms with Gasteiger partial charge in [-0.15, -0.1) is 0 Å². The van der Waals surface area contributed by atoms with Gasteiger partial charge in [-0.2, -0.15) is 0 Å². The van der Waals surface area contributed by atoms with Gasteiger partial charge in [0.15, 0.2) is 11.5 Å². The van der Waals surface area contributed by atoms with E-state index < -0.39 is 0 Å². The maximum absolute atomic E-state index is 14.4. The summed E-state index contributed by atoms with van der Waals surface area (Å²) >= 11 is 0. The Morgan fingerprint density at radius 2 is 1.54 bits per heavy atom. The van der Waals surface area contributed by atoms with Gasteiger partial charge < -0.3 is 14.4 Å². The minimum absolute atomic E-state index is 0.0319. The monoisotopic (exact) mass is 676 g/mol. The highest BCUT2D eigenvalue weighted by atomic mass is 16.5. The number of nitrogens with zero attached hydrogens (tertiary/aromatic N) is 2. The first-order valence-electron chi connectivity index (χ1n) is 19.5. The molecule has 7 rings (SSSR count). The normalized spacial score (nSPS) is 24.7. The van der Waals surface area contributed by atoms with Gasteiger partial charge in [0.05, 0.1) is 19.7 Å². The summed E-state index contributed by atoms with van der Waals surface area (Å²) in [5, 5.41) is 0. The van der Waals surface area contributed by atoms with Crippen molar-refractivity contribution in [3.63, 3.8) is 0 Å². The van der Waals surface area contributed by atoms with E-state index in [9.17, 15) is 9.59 Å². The SMILES string of the molecule is COc1ccc2c3c1O[C@H]1[C@H](N(CCCCc4ccccc4)C(=O)CCCCCCCc4ccccc4)CC[C@H]4[C@@H](C2)N(CC(C)=O)CC[C@@]341. The number of unbranched alkanes of at least 4 members (excludes halogenated alkanes) is 5. The van der Waals surface area contributed by atoms with Gasteiger partial charge in [0.2, 0.25) is 5.91 Å². The number of hydrogen-bond acceptors (Lipinski definition) is 5. The molecule has 0 radical (unpaired) electrons. The van der Waals surface area contributed by atoms with Crippen molar-refractivity contribution in [3.05, 3.63) is 95.1 Å². The number of amides is 1. The highest BCUT2D eigenvalue weighted by Crippen LogP contribution is 2.64. The summed E-state index contributed by atoms with van der Waals surface area (Å²) < 4.78 is 13.0. The Morgan fingerprint density at radius 1 is 0.860 bits per heavy atom. The minimum atomic E-state index is -0.153. The lowest BCUT2D eigenvalue weighted by molar-refractivity contribution is -0.143. The summed E-state index contributed by atoms with van der Waals surface area (Å²) in [4.78, 5) is 31.4. The van der Waals surface area contributed by atoms with Crippen LogP contribution in [0.15, 0.2) is 72.8 Å². The van der Waals surface area contributed by atoms with Crippen LogP contribution in [0.4, 0.5) is 0 Å². The molecule has 2 aliphatic carbocycles. The number of likely N-dealkylation sites (tertiary alicyclic amines) is 1. The highest BCUT2D eigenvalue weighted by Gasteiger charge is 2.66. The lowest BCUT2D eigenvalue weighted by atomic mass is 9.51. The molecule has 2 aliphatic heterocycles. The predicted octanol–water partition coefficient (Wildman–Crippen LogP) is 8.13. The number of carbonyl (C=O) groups is 2. The fourth-order valence-electron chi connectivity index (χ4n) is 10.2. The molecule has 1 spiro atoms. The maximum atomic E-state index is 14.4. The van der Waals surface area contributed by atoms with Gasteiger partial charge in [-0.05, 0) is 106 Å². The van der Waals surface area contributed by atoms with E-state index >= 15 is 0 Å². The van der Waals surface area contributed by atoms with Crippen molar-refractivity contribution < 1.29 is 19.1 Å².